The molecule has 1 N–H and O–H groups in total. The van der Waals surface area contributed by atoms with Gasteiger partial charge in [0.2, 0.25) is 0 Å². The molecule has 0 bridgehead atoms. The Morgan fingerprint density at radius 2 is 1.85 bits per heavy atom. The monoisotopic (exact) mass is 373 g/mol. The Balaban J connectivity index is 0.000000219. The van der Waals surface area contributed by atoms with Crippen LogP contribution < -0.4 is 5.32 Å². The molecule has 2 aliphatic rings. The lowest BCUT2D eigenvalue weighted by Gasteiger charge is -2.36. The lowest BCUT2D eigenvalue weighted by molar-refractivity contribution is -0.106. The van der Waals surface area contributed by atoms with E-state index in [4.69, 9.17) is 14.3 Å². The lowest BCUT2D eigenvalue weighted by atomic mass is 10.0. The van der Waals surface area contributed by atoms with Crippen LogP contribution in [0.5, 0.6) is 0 Å². The van der Waals surface area contributed by atoms with Gasteiger partial charge in [0, 0.05) is 44.1 Å². The molecule has 2 aromatic rings. The van der Waals surface area contributed by atoms with Crippen molar-refractivity contribution in [1.82, 2.24) is 15.2 Å². The number of aldehydes is 1. The first-order valence-electron chi connectivity index (χ1n) is 9.17. The molecule has 6 nitrogen and oxygen atoms in total. The maximum atomic E-state index is 8.81. The maximum absolute atomic E-state index is 8.81. The van der Waals surface area contributed by atoms with Crippen LogP contribution in [0.25, 0.3) is 10.9 Å². The molecule has 2 fully saturated rings. The summed E-state index contributed by atoms with van der Waals surface area (Å²) >= 11 is 0. The summed E-state index contributed by atoms with van der Waals surface area (Å²) in [5, 5.41) is 4.66. The number of aromatic nitrogens is 1. The smallest absolute Gasteiger partial charge is 0.121 e. The molecule has 2 saturated heterocycles. The Bertz CT molecular complexity index is 672. The Labute approximate surface area is 161 Å². The highest BCUT2D eigenvalue weighted by molar-refractivity contribution is 5.81. The molecular formula is C21H31N3O3. The SMILES string of the molecule is C=O.CC=O.CN1CCC2(CC1)NCCO2.Cc1cccc2cccnc12. The van der Waals surface area contributed by atoms with Gasteiger partial charge in [-0.25, -0.2) is 0 Å². The van der Waals surface area contributed by atoms with Gasteiger partial charge < -0.3 is 19.2 Å². The first kappa shape index (κ1) is 22.9. The third-order valence-electron chi connectivity index (χ3n) is 4.56. The van der Waals surface area contributed by atoms with Gasteiger partial charge in [0.25, 0.3) is 0 Å². The number of nitrogens with one attached hydrogen (secondary N) is 1. The predicted octanol–water partition coefficient (Wildman–Crippen LogP) is 2.59. The van der Waals surface area contributed by atoms with Crippen molar-refractivity contribution < 1.29 is 14.3 Å². The summed E-state index contributed by atoms with van der Waals surface area (Å²) in [5.41, 5.74) is 2.41. The van der Waals surface area contributed by atoms with Crippen LogP contribution in [0.1, 0.15) is 25.3 Å². The van der Waals surface area contributed by atoms with E-state index in [1.807, 2.05) is 19.1 Å². The van der Waals surface area contributed by atoms with Gasteiger partial charge in [-0.2, -0.15) is 0 Å². The number of hydrogen-bond acceptors (Lipinski definition) is 6. The van der Waals surface area contributed by atoms with Gasteiger partial charge in [-0.3, -0.25) is 10.3 Å². The van der Waals surface area contributed by atoms with Gasteiger partial charge in [-0.05, 0) is 32.5 Å². The van der Waals surface area contributed by atoms with E-state index in [0.717, 1.165) is 50.9 Å². The fourth-order valence-electron chi connectivity index (χ4n) is 3.13. The summed E-state index contributed by atoms with van der Waals surface area (Å²) in [7, 11) is 2.17. The van der Waals surface area contributed by atoms with Gasteiger partial charge in [0.1, 0.15) is 18.8 Å². The number of likely N-dealkylation sites (tertiary alicyclic amines) is 1. The number of nitrogens with zero attached hydrogens (tertiary/aromatic N) is 2. The quantitative estimate of drug-likeness (QED) is 0.716. The topological polar surface area (TPSA) is 71.5 Å². The molecule has 4 rings (SSSR count). The minimum absolute atomic E-state index is 0.0620. The number of carbonyl (C=O) groups is 2. The molecule has 148 valence electrons. The average molecular weight is 373 g/mol. The van der Waals surface area contributed by atoms with E-state index < -0.39 is 0 Å². The Hall–Kier alpha value is -2.15. The van der Waals surface area contributed by atoms with Crippen molar-refractivity contribution in [3.63, 3.8) is 0 Å². The number of piperidine rings is 1. The number of fused-ring (bicyclic) bond motifs is 1. The number of ether oxygens (including phenoxy) is 1. The molecule has 0 amide bonds. The molecule has 3 heterocycles. The van der Waals surface area contributed by atoms with Crippen LogP contribution in [0.15, 0.2) is 36.5 Å². The van der Waals surface area contributed by atoms with Crippen molar-refractivity contribution in [2.75, 3.05) is 33.3 Å². The van der Waals surface area contributed by atoms with Crippen LogP contribution >= 0.6 is 0 Å². The second kappa shape index (κ2) is 12.3. The molecule has 0 atom stereocenters. The number of rotatable bonds is 0. The molecule has 1 aromatic carbocycles. The van der Waals surface area contributed by atoms with Crippen molar-refractivity contribution in [1.29, 1.82) is 0 Å². The van der Waals surface area contributed by atoms with Crippen molar-refractivity contribution in [3.8, 4) is 0 Å². The summed E-state index contributed by atoms with van der Waals surface area (Å²) in [5.74, 6) is 0. The maximum Gasteiger partial charge on any atom is 0.121 e. The highest BCUT2D eigenvalue weighted by Gasteiger charge is 2.36. The fraction of sp³-hybridized carbons (Fsp3) is 0.476. The second-order valence-electron chi connectivity index (χ2n) is 6.46. The molecule has 0 unspecified atom stereocenters. The summed E-state index contributed by atoms with van der Waals surface area (Å²) in [6.07, 6.45) is 4.86. The van der Waals surface area contributed by atoms with Crippen LogP contribution in [0.2, 0.25) is 0 Å². The Morgan fingerprint density at radius 1 is 1.22 bits per heavy atom. The number of benzene rings is 1. The van der Waals surface area contributed by atoms with Crippen molar-refractivity contribution in [2.45, 2.75) is 32.4 Å². The summed E-state index contributed by atoms with van der Waals surface area (Å²) < 4.78 is 5.69. The zero-order chi connectivity index (χ0) is 20.1. The first-order chi connectivity index (χ1) is 13.1. The van der Waals surface area contributed by atoms with E-state index in [1.54, 1.807) is 0 Å². The van der Waals surface area contributed by atoms with Crippen LogP contribution in [-0.4, -0.2) is 62.0 Å². The number of aryl methyl sites for hydroxylation is 1. The predicted molar refractivity (Wildman–Crippen MR) is 109 cm³/mol. The third-order valence-corrected chi connectivity index (χ3v) is 4.56. The van der Waals surface area contributed by atoms with Gasteiger partial charge >= 0.3 is 0 Å². The molecule has 6 heteroatoms. The molecule has 1 aromatic heterocycles. The Morgan fingerprint density at radius 3 is 2.41 bits per heavy atom. The minimum Gasteiger partial charge on any atom is -0.359 e. The number of hydrogen-bond donors (Lipinski definition) is 1. The molecule has 0 radical (unpaired) electrons. The van der Waals surface area contributed by atoms with Crippen molar-refractivity contribution >= 4 is 24.0 Å². The van der Waals surface area contributed by atoms with Gasteiger partial charge in [-0.15, -0.1) is 0 Å². The van der Waals surface area contributed by atoms with Crippen LogP contribution in [0, 0.1) is 6.92 Å². The van der Waals surface area contributed by atoms with E-state index in [-0.39, 0.29) is 5.72 Å². The van der Waals surface area contributed by atoms with Gasteiger partial charge in [0.05, 0.1) is 12.1 Å². The van der Waals surface area contributed by atoms with Crippen molar-refractivity contribution in [3.05, 3.63) is 42.1 Å². The van der Waals surface area contributed by atoms with E-state index in [9.17, 15) is 0 Å². The Kier molecular flexibility index (Phi) is 10.4. The van der Waals surface area contributed by atoms with Gasteiger partial charge in [0.15, 0.2) is 0 Å². The van der Waals surface area contributed by atoms with E-state index in [2.05, 4.69) is 53.4 Å². The zero-order valence-electron chi connectivity index (χ0n) is 16.6. The second-order valence-corrected chi connectivity index (χ2v) is 6.46. The molecule has 0 saturated carbocycles. The molecule has 1 spiro atoms. The van der Waals surface area contributed by atoms with Crippen LogP contribution in [0.4, 0.5) is 0 Å². The molecular weight excluding hydrogens is 342 g/mol. The van der Waals surface area contributed by atoms with E-state index in [0.29, 0.717) is 0 Å². The largest absolute Gasteiger partial charge is 0.359 e. The third kappa shape index (κ3) is 7.17. The minimum atomic E-state index is 0.0620. The van der Waals surface area contributed by atoms with E-state index >= 15 is 0 Å². The molecule has 2 aliphatic heterocycles. The summed E-state index contributed by atoms with van der Waals surface area (Å²) in [6, 6.07) is 10.3. The first-order valence-corrected chi connectivity index (χ1v) is 9.17. The number of pyridine rings is 1. The summed E-state index contributed by atoms with van der Waals surface area (Å²) in [4.78, 5) is 23.4. The normalized spacial score (nSPS) is 17.6. The molecule has 0 aliphatic carbocycles. The highest BCUT2D eigenvalue weighted by Crippen LogP contribution is 2.25. The lowest BCUT2D eigenvalue weighted by Crippen LogP contribution is -2.49. The standard InChI is InChI=1S/C10H9N.C8H16N2O.C2H4O.CH2O/c1-8-4-2-5-9-6-3-7-11-10(8)9;1-10-5-2-8(3-6-10)9-4-7-11-8;1-2-3;1-2/h2-7H,1H3;9H,2-7H2,1H3;2H,1H3;1H2. The molecule has 27 heavy (non-hydrogen) atoms. The van der Waals surface area contributed by atoms with Crippen LogP contribution in [0.3, 0.4) is 0 Å². The number of carbonyl (C=O) groups excluding carboxylic acids is 2. The van der Waals surface area contributed by atoms with Crippen LogP contribution in [-0.2, 0) is 14.3 Å². The highest BCUT2D eigenvalue weighted by atomic mass is 16.5. The van der Waals surface area contributed by atoms with E-state index in [1.165, 1.54) is 17.9 Å². The summed E-state index contributed by atoms with van der Waals surface area (Å²) in [6.45, 7) is 9.77. The average Bonchev–Trinajstić information content (AvgIpc) is 3.16. The fourth-order valence-corrected chi connectivity index (χ4v) is 3.13. The number of para-hydroxylation sites is 1. The van der Waals surface area contributed by atoms with Crippen molar-refractivity contribution in [2.24, 2.45) is 0 Å². The zero-order valence-corrected chi connectivity index (χ0v) is 16.6. The van der Waals surface area contributed by atoms with Gasteiger partial charge in [-0.1, -0.05) is 24.3 Å².